The highest BCUT2D eigenvalue weighted by atomic mass is 19.2. The maximum atomic E-state index is 14.1. The first-order chi connectivity index (χ1) is 19.4. The van der Waals surface area contributed by atoms with Crippen molar-refractivity contribution in [1.29, 1.82) is 0 Å². The lowest BCUT2D eigenvalue weighted by atomic mass is 9.89. The predicted molar refractivity (Wildman–Crippen MR) is 144 cm³/mol. The van der Waals surface area contributed by atoms with E-state index < -0.39 is 17.7 Å². The maximum Gasteiger partial charge on any atom is 0.404 e. The number of hydrogen-bond acceptors (Lipinski definition) is 5. The van der Waals surface area contributed by atoms with Crippen molar-refractivity contribution in [3.8, 4) is 17.0 Å². The number of carbonyl (C=O) groups excluding carboxylic acids is 1. The molecule has 2 heterocycles. The highest BCUT2D eigenvalue weighted by molar-refractivity contribution is 5.98. The minimum atomic E-state index is -1.07. The monoisotopic (exact) mass is 553 g/mol. The molecule has 11 heteroatoms. The van der Waals surface area contributed by atoms with E-state index in [4.69, 9.17) is 4.74 Å². The topological polar surface area (TPSA) is 109 Å². The molecule has 1 saturated heterocycles. The van der Waals surface area contributed by atoms with Crippen molar-refractivity contribution in [3.05, 3.63) is 72.2 Å². The highest BCUT2D eigenvalue weighted by Gasteiger charge is 2.35. The van der Waals surface area contributed by atoms with Crippen LogP contribution < -0.4 is 15.4 Å². The summed E-state index contributed by atoms with van der Waals surface area (Å²) < 4.78 is 34.4. The average Bonchev–Trinajstić information content (AvgIpc) is 3.40. The molecule has 3 N–H and O–H groups in total. The summed E-state index contributed by atoms with van der Waals surface area (Å²) >= 11 is 0. The molecule has 2 fully saturated rings. The fraction of sp³-hybridized carbons (Fsp3) is 0.414. The van der Waals surface area contributed by atoms with Crippen LogP contribution >= 0.6 is 0 Å². The van der Waals surface area contributed by atoms with Gasteiger partial charge in [0.1, 0.15) is 5.75 Å². The second-order valence-electron chi connectivity index (χ2n) is 10.2. The number of carboxylic acid groups (broad SMARTS) is 1. The number of amides is 2. The van der Waals surface area contributed by atoms with Gasteiger partial charge in [0, 0.05) is 43.7 Å². The zero-order valence-corrected chi connectivity index (χ0v) is 22.1. The molecule has 5 rings (SSSR count). The third-order valence-corrected chi connectivity index (χ3v) is 7.66. The molecule has 0 unspecified atom stereocenters. The van der Waals surface area contributed by atoms with E-state index in [1.807, 2.05) is 34.9 Å². The zero-order chi connectivity index (χ0) is 28.1. The van der Waals surface area contributed by atoms with Crippen LogP contribution in [0.5, 0.6) is 5.75 Å². The zero-order valence-electron chi connectivity index (χ0n) is 22.1. The molecule has 3 aromatic rings. The Labute approximate surface area is 231 Å². The average molecular weight is 554 g/mol. The number of ether oxygens (including phenoxy) is 1. The third-order valence-electron chi connectivity index (χ3n) is 7.66. The van der Waals surface area contributed by atoms with E-state index in [9.17, 15) is 23.5 Å². The van der Waals surface area contributed by atoms with Gasteiger partial charge >= 0.3 is 6.09 Å². The van der Waals surface area contributed by atoms with Crippen LogP contribution in [0.4, 0.5) is 13.6 Å². The molecular weight excluding hydrogens is 520 g/mol. The summed E-state index contributed by atoms with van der Waals surface area (Å²) in [6, 6.07) is 12.3. The third kappa shape index (κ3) is 6.09. The largest absolute Gasteiger partial charge is 0.493 e. The molecule has 0 spiro atoms. The standard InChI is InChI=1S/C29H33F2N5O4/c30-22-11-10-21(16-23(22)31)40-15-12-20-17-32-13-14-35(20)28(37)26-27(19-6-2-1-3-7-19)36(18-33-26)25-9-5-4-8-24(25)34-29(38)39/h1-3,6-7,10-11,16,18,20,24-25,32,34H,4-5,8-9,12-15,17H2,(H,38,39)/t20-,24+,25+/m1/s1. The fourth-order valence-corrected chi connectivity index (χ4v) is 5.72. The molecule has 212 valence electrons. The quantitative estimate of drug-likeness (QED) is 0.380. The minimum Gasteiger partial charge on any atom is -0.493 e. The van der Waals surface area contributed by atoms with Gasteiger partial charge in [0.05, 0.1) is 30.7 Å². The smallest absolute Gasteiger partial charge is 0.404 e. The highest BCUT2D eigenvalue weighted by Crippen LogP contribution is 2.35. The van der Waals surface area contributed by atoms with Gasteiger partial charge < -0.3 is 29.9 Å². The lowest BCUT2D eigenvalue weighted by molar-refractivity contribution is 0.0601. The van der Waals surface area contributed by atoms with Gasteiger partial charge in [-0.05, 0) is 25.0 Å². The number of benzene rings is 2. The Kier molecular flexibility index (Phi) is 8.59. The Balaban J connectivity index is 1.40. The van der Waals surface area contributed by atoms with Crippen molar-refractivity contribution in [2.24, 2.45) is 0 Å². The van der Waals surface area contributed by atoms with Crippen LogP contribution in [0.2, 0.25) is 0 Å². The predicted octanol–water partition coefficient (Wildman–Crippen LogP) is 4.46. The van der Waals surface area contributed by atoms with Gasteiger partial charge in [0.15, 0.2) is 17.3 Å². The normalized spacial score (nSPS) is 21.1. The molecule has 9 nitrogen and oxygen atoms in total. The Bertz CT molecular complexity index is 1340. The number of piperazine rings is 1. The van der Waals surface area contributed by atoms with Gasteiger partial charge in [0.25, 0.3) is 5.91 Å². The van der Waals surface area contributed by atoms with Crippen LogP contribution in [-0.2, 0) is 0 Å². The van der Waals surface area contributed by atoms with E-state index in [1.54, 1.807) is 11.2 Å². The van der Waals surface area contributed by atoms with Gasteiger partial charge in [-0.1, -0.05) is 43.2 Å². The van der Waals surface area contributed by atoms with E-state index in [-0.39, 0.29) is 36.4 Å². The number of halogens is 2. The summed E-state index contributed by atoms with van der Waals surface area (Å²) in [5, 5.41) is 15.4. The van der Waals surface area contributed by atoms with Crippen LogP contribution in [0.3, 0.4) is 0 Å². The van der Waals surface area contributed by atoms with Crippen molar-refractivity contribution in [2.45, 2.75) is 50.2 Å². The van der Waals surface area contributed by atoms with Crippen molar-refractivity contribution in [2.75, 3.05) is 26.2 Å². The molecule has 1 aromatic heterocycles. The fourth-order valence-electron chi connectivity index (χ4n) is 5.72. The Morgan fingerprint density at radius 1 is 1.10 bits per heavy atom. The van der Waals surface area contributed by atoms with Gasteiger partial charge in [-0.3, -0.25) is 4.79 Å². The van der Waals surface area contributed by atoms with Crippen molar-refractivity contribution in [3.63, 3.8) is 0 Å². The Morgan fingerprint density at radius 2 is 1.90 bits per heavy atom. The van der Waals surface area contributed by atoms with Gasteiger partial charge in [-0.2, -0.15) is 0 Å². The molecule has 0 radical (unpaired) electrons. The number of hydrogen-bond donors (Lipinski definition) is 3. The van der Waals surface area contributed by atoms with Crippen molar-refractivity contribution in [1.82, 2.24) is 25.1 Å². The molecular formula is C29H33F2N5O4. The summed E-state index contributed by atoms with van der Waals surface area (Å²) in [7, 11) is 0. The van der Waals surface area contributed by atoms with E-state index in [0.717, 1.165) is 37.0 Å². The maximum absolute atomic E-state index is 14.1. The summed E-state index contributed by atoms with van der Waals surface area (Å²) in [6.07, 6.45) is 4.44. The lowest BCUT2D eigenvalue weighted by Gasteiger charge is -2.36. The summed E-state index contributed by atoms with van der Waals surface area (Å²) in [5.74, 6) is -1.90. The number of carbonyl (C=O) groups is 2. The first-order valence-electron chi connectivity index (χ1n) is 13.6. The van der Waals surface area contributed by atoms with Gasteiger partial charge in [-0.15, -0.1) is 0 Å². The Hall–Kier alpha value is -3.99. The van der Waals surface area contributed by atoms with Crippen LogP contribution in [-0.4, -0.2) is 69.9 Å². The molecule has 2 aromatic carbocycles. The van der Waals surface area contributed by atoms with E-state index >= 15 is 0 Å². The number of nitrogens with zero attached hydrogens (tertiary/aromatic N) is 3. The van der Waals surface area contributed by atoms with E-state index in [1.165, 1.54) is 6.07 Å². The van der Waals surface area contributed by atoms with Crippen LogP contribution in [0.15, 0.2) is 54.9 Å². The van der Waals surface area contributed by atoms with E-state index in [0.29, 0.717) is 43.9 Å². The number of imidazole rings is 1. The number of rotatable bonds is 8. The Morgan fingerprint density at radius 3 is 2.67 bits per heavy atom. The van der Waals surface area contributed by atoms with Crippen LogP contribution in [0.1, 0.15) is 48.6 Å². The minimum absolute atomic E-state index is 0.169. The molecule has 3 atom stereocenters. The molecule has 0 bridgehead atoms. The second kappa shape index (κ2) is 12.5. The first kappa shape index (κ1) is 27.6. The molecule has 2 amide bonds. The first-order valence-corrected chi connectivity index (χ1v) is 13.6. The summed E-state index contributed by atoms with van der Waals surface area (Å²) in [5.41, 5.74) is 1.82. The molecule has 40 heavy (non-hydrogen) atoms. The van der Waals surface area contributed by atoms with Crippen LogP contribution in [0.25, 0.3) is 11.3 Å². The van der Waals surface area contributed by atoms with Gasteiger partial charge in [0.2, 0.25) is 0 Å². The lowest BCUT2D eigenvalue weighted by Crippen LogP contribution is -2.54. The molecule has 1 saturated carbocycles. The SMILES string of the molecule is O=C(O)N[C@H]1CCCC[C@@H]1n1cnc(C(=O)N2CCNC[C@H]2CCOc2ccc(F)c(F)c2)c1-c1ccccc1. The number of nitrogens with one attached hydrogen (secondary N) is 2. The molecule has 1 aliphatic heterocycles. The van der Waals surface area contributed by atoms with Crippen molar-refractivity contribution >= 4 is 12.0 Å². The summed E-state index contributed by atoms with van der Waals surface area (Å²) in [6.45, 7) is 1.87. The van der Waals surface area contributed by atoms with Gasteiger partial charge in [-0.25, -0.2) is 18.6 Å². The summed E-state index contributed by atoms with van der Waals surface area (Å²) in [4.78, 5) is 32.0. The molecule has 2 aliphatic rings. The molecule has 1 aliphatic carbocycles. The number of aromatic nitrogens is 2. The van der Waals surface area contributed by atoms with Crippen LogP contribution in [0, 0.1) is 11.6 Å². The second-order valence-corrected chi connectivity index (χ2v) is 10.2. The van der Waals surface area contributed by atoms with Crippen molar-refractivity contribution < 1.29 is 28.2 Å². The van der Waals surface area contributed by atoms with E-state index in [2.05, 4.69) is 15.6 Å².